The van der Waals surface area contributed by atoms with Gasteiger partial charge in [0.1, 0.15) is 30.3 Å². The molecule has 0 atom stereocenters. The quantitative estimate of drug-likeness (QED) is 0.643. The molecule has 4 rings (SSSR count). The van der Waals surface area contributed by atoms with E-state index in [0.717, 1.165) is 60.4 Å². The zero-order chi connectivity index (χ0) is 18.8. The zero-order valence-electron chi connectivity index (χ0n) is 16.0. The number of fused-ring (bicyclic) bond motifs is 1. The van der Waals surface area contributed by atoms with Gasteiger partial charge in [-0.25, -0.2) is 9.97 Å². The molecule has 7 heteroatoms. The minimum Gasteiger partial charge on any atom is -0.370 e. The van der Waals surface area contributed by atoms with Crippen LogP contribution in [0.5, 0.6) is 0 Å². The number of ether oxygens (including phenoxy) is 1. The Morgan fingerprint density at radius 1 is 1.22 bits per heavy atom. The minimum absolute atomic E-state index is 0.821. The predicted octanol–water partition coefficient (Wildman–Crippen LogP) is 3.19. The maximum atomic E-state index is 5.48. The lowest BCUT2D eigenvalue weighted by Gasteiger charge is -2.23. The Kier molecular flexibility index (Phi) is 5.63. The summed E-state index contributed by atoms with van der Waals surface area (Å²) in [6.45, 7) is 8.84. The molecule has 0 unspecified atom stereocenters. The van der Waals surface area contributed by atoms with Gasteiger partial charge >= 0.3 is 0 Å². The zero-order valence-corrected chi connectivity index (χ0v) is 17.6. The van der Waals surface area contributed by atoms with E-state index < -0.39 is 0 Å². The molecule has 2 aromatic heterocycles. The first-order valence-electron chi connectivity index (χ1n) is 9.23. The molecule has 3 aromatic rings. The molecule has 1 aromatic carbocycles. The minimum atomic E-state index is 0.821. The Balaban J connectivity index is 1.71. The van der Waals surface area contributed by atoms with Gasteiger partial charge in [0.15, 0.2) is 5.82 Å². The number of anilines is 2. The van der Waals surface area contributed by atoms with Crippen molar-refractivity contribution in [2.75, 3.05) is 37.9 Å². The van der Waals surface area contributed by atoms with Crippen LogP contribution >= 0.6 is 23.1 Å². The molecule has 1 saturated heterocycles. The van der Waals surface area contributed by atoms with Crippen LogP contribution in [0.2, 0.25) is 0 Å². The van der Waals surface area contributed by atoms with Crippen LogP contribution in [0.15, 0.2) is 29.2 Å². The van der Waals surface area contributed by atoms with Crippen molar-refractivity contribution in [1.82, 2.24) is 9.97 Å². The summed E-state index contributed by atoms with van der Waals surface area (Å²) in [6, 6.07) is 8.46. The molecule has 5 nitrogen and oxygen atoms in total. The van der Waals surface area contributed by atoms with Crippen LogP contribution in [0.4, 0.5) is 11.5 Å². The summed E-state index contributed by atoms with van der Waals surface area (Å²) in [5, 5.41) is 4.71. The number of thiophene rings is 1. The molecule has 0 radical (unpaired) electrons. The Labute approximate surface area is 168 Å². The number of nitrogens with zero attached hydrogens (tertiary/aromatic N) is 2. The second kappa shape index (κ2) is 8.14. The number of hydrogen-bond acceptors (Lipinski definition) is 6. The molecule has 0 bridgehead atoms. The van der Waals surface area contributed by atoms with E-state index in [1.54, 1.807) is 23.1 Å². The van der Waals surface area contributed by atoms with Crippen molar-refractivity contribution in [2.45, 2.75) is 25.3 Å². The lowest BCUT2D eigenvalue weighted by molar-refractivity contribution is -0.922. The van der Waals surface area contributed by atoms with Crippen molar-refractivity contribution in [3.63, 3.8) is 0 Å². The molecule has 1 fully saturated rings. The molecule has 1 aliphatic rings. The Morgan fingerprint density at radius 2 is 2.04 bits per heavy atom. The molecule has 27 heavy (non-hydrogen) atoms. The maximum Gasteiger partial charge on any atom is 0.187 e. The summed E-state index contributed by atoms with van der Waals surface area (Å²) >= 11 is 3.50. The summed E-state index contributed by atoms with van der Waals surface area (Å²) in [5.41, 5.74) is 2.33. The fraction of sp³-hybridized carbons (Fsp3) is 0.400. The van der Waals surface area contributed by atoms with Crippen LogP contribution < -0.4 is 10.2 Å². The average molecular weight is 402 g/mol. The maximum absolute atomic E-state index is 5.48. The van der Waals surface area contributed by atoms with Crippen molar-refractivity contribution in [1.29, 1.82) is 0 Å². The molecular weight excluding hydrogens is 376 g/mol. The van der Waals surface area contributed by atoms with Crippen molar-refractivity contribution in [3.8, 4) is 0 Å². The third-order valence-corrected chi connectivity index (χ3v) is 6.84. The standard InChI is InChI=1S/C20H24N4OS2/c1-13-14(2)27-20-18(13)19(21-15-5-4-6-16(11-15)26-3)22-17(23-20)12-24-7-9-25-10-8-24/h4-6,11H,7-10,12H2,1-3H3,(H,21,22,23)/p+1. The van der Waals surface area contributed by atoms with E-state index >= 15 is 0 Å². The van der Waals surface area contributed by atoms with E-state index in [-0.39, 0.29) is 0 Å². The lowest BCUT2D eigenvalue weighted by Crippen LogP contribution is -3.12. The number of quaternary nitrogens is 1. The van der Waals surface area contributed by atoms with Crippen LogP contribution in [-0.2, 0) is 11.3 Å². The van der Waals surface area contributed by atoms with Crippen LogP contribution in [0.1, 0.15) is 16.3 Å². The molecule has 0 saturated carbocycles. The van der Waals surface area contributed by atoms with Gasteiger partial charge in [-0.05, 0) is 43.9 Å². The number of aromatic nitrogens is 2. The van der Waals surface area contributed by atoms with E-state index in [1.165, 1.54) is 20.2 Å². The molecule has 3 heterocycles. The van der Waals surface area contributed by atoms with Gasteiger partial charge in [0.05, 0.1) is 18.6 Å². The van der Waals surface area contributed by atoms with Gasteiger partial charge in [-0.15, -0.1) is 23.1 Å². The fourth-order valence-corrected chi connectivity index (χ4v) is 4.87. The first kappa shape index (κ1) is 18.7. The largest absolute Gasteiger partial charge is 0.370 e. The first-order chi connectivity index (χ1) is 13.1. The molecule has 142 valence electrons. The molecular formula is C20H25N4OS2+. The fourth-order valence-electron chi connectivity index (χ4n) is 3.36. The highest BCUT2D eigenvalue weighted by molar-refractivity contribution is 7.98. The Morgan fingerprint density at radius 3 is 2.81 bits per heavy atom. The summed E-state index contributed by atoms with van der Waals surface area (Å²) in [4.78, 5) is 14.9. The van der Waals surface area contributed by atoms with Crippen molar-refractivity contribution in [2.24, 2.45) is 0 Å². The number of rotatable bonds is 5. The third kappa shape index (κ3) is 4.11. The molecule has 0 aliphatic carbocycles. The summed E-state index contributed by atoms with van der Waals surface area (Å²) in [7, 11) is 0. The number of nitrogens with one attached hydrogen (secondary N) is 2. The summed E-state index contributed by atoms with van der Waals surface area (Å²) in [6.07, 6.45) is 2.09. The molecule has 0 spiro atoms. The van der Waals surface area contributed by atoms with E-state index in [4.69, 9.17) is 14.7 Å². The highest BCUT2D eigenvalue weighted by Gasteiger charge is 2.19. The Bertz CT molecular complexity index is 951. The topological polar surface area (TPSA) is 51.5 Å². The van der Waals surface area contributed by atoms with Gasteiger partial charge in [0.25, 0.3) is 0 Å². The van der Waals surface area contributed by atoms with Gasteiger partial charge in [-0.1, -0.05) is 6.07 Å². The smallest absolute Gasteiger partial charge is 0.187 e. The molecule has 2 N–H and O–H groups in total. The average Bonchev–Trinajstić information content (AvgIpc) is 2.97. The van der Waals surface area contributed by atoms with Crippen LogP contribution in [-0.4, -0.2) is 42.5 Å². The predicted molar refractivity (Wildman–Crippen MR) is 114 cm³/mol. The van der Waals surface area contributed by atoms with Crippen molar-refractivity contribution in [3.05, 3.63) is 40.5 Å². The van der Waals surface area contributed by atoms with Crippen molar-refractivity contribution >= 4 is 44.8 Å². The van der Waals surface area contributed by atoms with Gasteiger partial charge in [-0.2, -0.15) is 0 Å². The van der Waals surface area contributed by atoms with Crippen LogP contribution in [0, 0.1) is 13.8 Å². The van der Waals surface area contributed by atoms with Gasteiger partial charge in [0, 0.05) is 15.5 Å². The number of morpholine rings is 1. The van der Waals surface area contributed by atoms with Gasteiger partial charge in [-0.3, -0.25) is 0 Å². The van der Waals surface area contributed by atoms with E-state index in [0.29, 0.717) is 0 Å². The van der Waals surface area contributed by atoms with Crippen LogP contribution in [0.3, 0.4) is 0 Å². The monoisotopic (exact) mass is 401 g/mol. The normalized spacial score (nSPS) is 15.4. The van der Waals surface area contributed by atoms with E-state index in [9.17, 15) is 0 Å². The number of aryl methyl sites for hydroxylation is 2. The number of thioether (sulfide) groups is 1. The second-order valence-electron chi connectivity index (χ2n) is 6.85. The summed E-state index contributed by atoms with van der Waals surface area (Å²) in [5.74, 6) is 1.83. The van der Waals surface area contributed by atoms with E-state index in [1.807, 2.05) is 0 Å². The highest BCUT2D eigenvalue weighted by Crippen LogP contribution is 2.34. The highest BCUT2D eigenvalue weighted by atomic mass is 32.2. The van der Waals surface area contributed by atoms with Crippen molar-refractivity contribution < 1.29 is 9.64 Å². The number of hydrogen-bond donors (Lipinski definition) is 2. The lowest BCUT2D eigenvalue weighted by atomic mass is 10.2. The number of benzene rings is 1. The molecule has 1 aliphatic heterocycles. The molecule has 0 amide bonds. The summed E-state index contributed by atoms with van der Waals surface area (Å²) < 4.78 is 5.48. The van der Waals surface area contributed by atoms with E-state index in [2.05, 4.69) is 49.7 Å². The second-order valence-corrected chi connectivity index (χ2v) is 8.93. The third-order valence-electron chi connectivity index (χ3n) is 5.02. The van der Waals surface area contributed by atoms with Crippen LogP contribution in [0.25, 0.3) is 10.2 Å². The SMILES string of the molecule is CSc1cccc(Nc2nc(C[NH+]3CCOCC3)nc3sc(C)c(C)c23)c1. The Hall–Kier alpha value is -1.67. The van der Waals surface area contributed by atoms with Gasteiger partial charge < -0.3 is 15.0 Å². The van der Waals surface area contributed by atoms with Gasteiger partial charge in [0.2, 0.25) is 0 Å². The first-order valence-corrected chi connectivity index (χ1v) is 11.3.